The number of hydrogen-bond donors (Lipinski definition) is 1. The van der Waals surface area contributed by atoms with Gasteiger partial charge in [-0.25, -0.2) is 13.4 Å². The van der Waals surface area contributed by atoms with E-state index in [1.54, 1.807) is 12.1 Å². The Kier molecular flexibility index (Phi) is 4.70. The second-order valence-corrected chi connectivity index (χ2v) is 5.23. The van der Waals surface area contributed by atoms with Gasteiger partial charge in [0, 0.05) is 11.3 Å². The number of nitrogens with one attached hydrogen (secondary N) is 1. The molecule has 102 valence electrons. The van der Waals surface area contributed by atoms with E-state index in [0.717, 1.165) is 5.52 Å². The van der Waals surface area contributed by atoms with Crippen LogP contribution in [0, 0.1) is 0 Å². The largest absolute Gasteiger partial charge is 1.00 e. The summed E-state index contributed by atoms with van der Waals surface area (Å²) in [4.78, 5) is 4.32. The monoisotopic (exact) mass is 312 g/mol. The standard InChI is InChI=1S/C13H10N2O4S.Na/c16-20(17,18)15-10-7-5-9(6-8-10)13-14-11-3-1-2-4-12(11)19-13;/h1-8,15H,(H,16,17,18);/q;+1/p-1. The molecule has 0 fully saturated rings. The van der Waals surface area contributed by atoms with Crippen LogP contribution in [0.25, 0.3) is 22.6 Å². The van der Waals surface area contributed by atoms with Gasteiger partial charge in [-0.05, 0) is 36.4 Å². The zero-order valence-corrected chi connectivity index (χ0v) is 13.9. The van der Waals surface area contributed by atoms with Crippen LogP contribution in [0.5, 0.6) is 0 Å². The molecule has 0 bridgehead atoms. The zero-order valence-electron chi connectivity index (χ0n) is 11.1. The van der Waals surface area contributed by atoms with E-state index in [0.29, 0.717) is 17.0 Å². The number of anilines is 1. The van der Waals surface area contributed by atoms with Crippen molar-refractivity contribution in [1.29, 1.82) is 0 Å². The summed E-state index contributed by atoms with van der Waals surface area (Å²) in [5.74, 6) is 0.433. The molecule has 0 spiro atoms. The van der Waals surface area contributed by atoms with E-state index in [1.807, 2.05) is 29.0 Å². The maximum Gasteiger partial charge on any atom is 1.00 e. The predicted octanol–water partition coefficient (Wildman–Crippen LogP) is -0.629. The number of rotatable bonds is 3. The van der Waals surface area contributed by atoms with Crippen LogP contribution in [0.15, 0.2) is 52.9 Å². The Balaban J connectivity index is 0.00000161. The minimum atomic E-state index is -4.51. The van der Waals surface area contributed by atoms with Crippen LogP contribution in [-0.4, -0.2) is 18.0 Å². The summed E-state index contributed by atoms with van der Waals surface area (Å²) in [7, 11) is -4.51. The topological polar surface area (TPSA) is 95.3 Å². The zero-order chi connectivity index (χ0) is 14.2. The molecule has 0 saturated heterocycles. The number of nitrogens with zero attached hydrogens (tertiary/aromatic N) is 1. The minimum absolute atomic E-state index is 0. The first-order chi connectivity index (χ1) is 9.51. The molecule has 6 nitrogen and oxygen atoms in total. The SMILES string of the molecule is O=S(=O)([O-])Nc1ccc(-c2nc3ccccc3o2)cc1.[Na+]. The van der Waals surface area contributed by atoms with Crippen molar-refractivity contribution in [3.8, 4) is 11.5 Å². The smallest absolute Gasteiger partial charge is 0.731 e. The average molecular weight is 312 g/mol. The maximum absolute atomic E-state index is 10.6. The Morgan fingerprint density at radius 2 is 1.71 bits per heavy atom. The van der Waals surface area contributed by atoms with Crippen molar-refractivity contribution in [1.82, 2.24) is 4.98 Å². The second-order valence-electron chi connectivity index (χ2n) is 4.12. The number of benzene rings is 2. The minimum Gasteiger partial charge on any atom is -0.731 e. The van der Waals surface area contributed by atoms with E-state index in [9.17, 15) is 13.0 Å². The van der Waals surface area contributed by atoms with Gasteiger partial charge in [0.1, 0.15) is 5.52 Å². The summed E-state index contributed by atoms with van der Waals surface area (Å²) in [6, 6.07) is 13.5. The molecule has 1 aromatic heterocycles. The van der Waals surface area contributed by atoms with Crippen molar-refractivity contribution in [2.75, 3.05) is 4.72 Å². The Morgan fingerprint density at radius 3 is 2.33 bits per heavy atom. The molecule has 0 radical (unpaired) electrons. The van der Waals surface area contributed by atoms with Gasteiger partial charge in [0.2, 0.25) is 5.89 Å². The van der Waals surface area contributed by atoms with Crippen LogP contribution in [0.4, 0.5) is 5.69 Å². The Bertz CT molecular complexity index is 826. The van der Waals surface area contributed by atoms with Gasteiger partial charge in [-0.2, -0.15) is 0 Å². The first kappa shape index (κ1) is 16.0. The Labute approximate surface area is 143 Å². The number of hydrogen-bond acceptors (Lipinski definition) is 5. The molecule has 3 rings (SSSR count). The van der Waals surface area contributed by atoms with Crippen molar-refractivity contribution in [2.24, 2.45) is 0 Å². The number of fused-ring (bicyclic) bond motifs is 1. The van der Waals surface area contributed by atoms with E-state index in [2.05, 4.69) is 4.98 Å². The summed E-state index contributed by atoms with van der Waals surface area (Å²) in [6.07, 6.45) is 0. The average Bonchev–Trinajstić information content (AvgIpc) is 2.81. The molecule has 2 aromatic carbocycles. The van der Waals surface area contributed by atoms with Gasteiger partial charge in [-0.1, -0.05) is 12.1 Å². The number of aromatic nitrogens is 1. The summed E-state index contributed by atoms with van der Waals surface area (Å²) >= 11 is 0. The normalized spacial score (nSPS) is 11.1. The fourth-order valence-corrected chi connectivity index (χ4v) is 2.25. The van der Waals surface area contributed by atoms with Gasteiger partial charge in [0.05, 0.1) is 0 Å². The molecule has 8 heteroatoms. The van der Waals surface area contributed by atoms with Crippen molar-refractivity contribution in [3.05, 3.63) is 48.5 Å². The van der Waals surface area contributed by atoms with Gasteiger partial charge in [-0.3, -0.25) is 4.72 Å². The van der Waals surface area contributed by atoms with Crippen LogP contribution in [-0.2, 0) is 10.3 Å². The molecule has 1 heterocycles. The van der Waals surface area contributed by atoms with Crippen molar-refractivity contribution in [3.63, 3.8) is 0 Å². The van der Waals surface area contributed by atoms with E-state index in [1.165, 1.54) is 12.1 Å². The molecule has 0 aliphatic carbocycles. The first-order valence-electron chi connectivity index (χ1n) is 5.71. The van der Waals surface area contributed by atoms with E-state index < -0.39 is 10.3 Å². The van der Waals surface area contributed by atoms with Gasteiger partial charge in [0.15, 0.2) is 15.9 Å². The number of oxazole rings is 1. The van der Waals surface area contributed by atoms with Crippen LogP contribution in [0.2, 0.25) is 0 Å². The quantitative estimate of drug-likeness (QED) is 0.513. The molecule has 0 aliphatic rings. The van der Waals surface area contributed by atoms with Crippen LogP contribution in [0.1, 0.15) is 0 Å². The molecule has 1 N–H and O–H groups in total. The fourth-order valence-electron chi connectivity index (χ4n) is 1.82. The molecule has 0 amide bonds. The summed E-state index contributed by atoms with van der Waals surface area (Å²) in [6.45, 7) is 0. The summed E-state index contributed by atoms with van der Waals surface area (Å²) < 4.78 is 39.2. The van der Waals surface area contributed by atoms with Gasteiger partial charge >= 0.3 is 29.6 Å². The molecule has 0 unspecified atom stereocenters. The van der Waals surface area contributed by atoms with Crippen molar-refractivity contribution in [2.45, 2.75) is 0 Å². The van der Waals surface area contributed by atoms with E-state index in [4.69, 9.17) is 4.42 Å². The summed E-state index contributed by atoms with van der Waals surface area (Å²) in [5.41, 5.74) is 2.30. The molecule has 21 heavy (non-hydrogen) atoms. The second kappa shape index (κ2) is 6.17. The predicted molar refractivity (Wildman–Crippen MR) is 72.8 cm³/mol. The number of para-hydroxylation sites is 2. The van der Waals surface area contributed by atoms with Crippen LogP contribution >= 0.6 is 0 Å². The first-order valence-corrected chi connectivity index (χ1v) is 7.12. The molecular formula is C13H9N2NaO4S. The Hall–Kier alpha value is -1.38. The summed E-state index contributed by atoms with van der Waals surface area (Å²) in [5, 5.41) is 0. The molecule has 0 saturated carbocycles. The van der Waals surface area contributed by atoms with Gasteiger partial charge < -0.3 is 8.97 Å². The molecular weight excluding hydrogens is 303 g/mol. The third-order valence-corrected chi connectivity index (χ3v) is 3.15. The molecule has 0 aliphatic heterocycles. The van der Waals surface area contributed by atoms with Gasteiger partial charge in [0.25, 0.3) is 0 Å². The Morgan fingerprint density at radius 1 is 1.05 bits per heavy atom. The van der Waals surface area contributed by atoms with Crippen LogP contribution < -0.4 is 34.3 Å². The molecule has 0 atom stereocenters. The molecule has 3 aromatic rings. The van der Waals surface area contributed by atoms with Crippen molar-refractivity contribution >= 4 is 27.1 Å². The fraction of sp³-hybridized carbons (Fsp3) is 0. The van der Waals surface area contributed by atoms with E-state index >= 15 is 0 Å². The van der Waals surface area contributed by atoms with E-state index in [-0.39, 0.29) is 35.2 Å². The van der Waals surface area contributed by atoms with Crippen molar-refractivity contribution < 1.29 is 46.9 Å². The third kappa shape index (κ3) is 3.84. The van der Waals surface area contributed by atoms with Crippen LogP contribution in [0.3, 0.4) is 0 Å². The third-order valence-electron chi connectivity index (χ3n) is 2.67. The van der Waals surface area contributed by atoms with Gasteiger partial charge in [-0.15, -0.1) is 0 Å². The maximum atomic E-state index is 10.6.